The SMILES string of the molecule is CCOC(=O)c1[nH]c(C(c2ccc(-c3c4nc(cc5[nH]c(cc6[nH]c(cc7nc3C(C)=C7C)c(C)c6CC)c(CC)c5C)C(C)=C4C)cc2)c2[nH]c(C(=O)OCC)c(CC)c2C)c(C)c1CC. The number of benzene rings is 1. The molecule has 2 aliphatic rings. The molecule has 6 aromatic rings. The van der Waals surface area contributed by atoms with Gasteiger partial charge in [-0.15, -0.1) is 0 Å². The molecule has 0 saturated carbocycles. The molecule has 5 aromatic heterocycles. The van der Waals surface area contributed by atoms with E-state index in [1.54, 1.807) is 0 Å². The Balaban J connectivity index is 1.42. The van der Waals surface area contributed by atoms with E-state index < -0.39 is 5.92 Å². The van der Waals surface area contributed by atoms with E-state index in [0.717, 1.165) is 130 Å². The molecule has 0 aliphatic carbocycles. The first-order valence-electron chi connectivity index (χ1n) is 24.1. The highest BCUT2D eigenvalue weighted by atomic mass is 16.5. The number of hydrogen-bond donors (Lipinski definition) is 4. The zero-order valence-electron chi connectivity index (χ0n) is 41.9. The van der Waals surface area contributed by atoms with E-state index in [4.69, 9.17) is 19.4 Å². The fourth-order valence-corrected chi connectivity index (χ4v) is 10.5. The van der Waals surface area contributed by atoms with Crippen molar-refractivity contribution in [2.45, 2.75) is 129 Å². The van der Waals surface area contributed by atoms with Crippen LogP contribution in [0, 0.1) is 27.7 Å². The third-order valence-electron chi connectivity index (χ3n) is 14.6. The van der Waals surface area contributed by atoms with Crippen LogP contribution in [0.25, 0.3) is 55.5 Å². The molecule has 1 aromatic carbocycles. The summed E-state index contributed by atoms with van der Waals surface area (Å²) < 4.78 is 11.1. The van der Waals surface area contributed by atoms with E-state index in [9.17, 15) is 9.59 Å². The van der Waals surface area contributed by atoms with Gasteiger partial charge in [-0.05, 0) is 191 Å². The van der Waals surface area contributed by atoms with Crippen LogP contribution in [0.2, 0.25) is 0 Å². The first-order chi connectivity index (χ1) is 32.1. The number of rotatable bonds is 12. The number of aromatic nitrogens is 6. The van der Waals surface area contributed by atoms with Gasteiger partial charge in [0.05, 0.1) is 41.9 Å². The molecule has 0 spiro atoms. The van der Waals surface area contributed by atoms with Crippen molar-refractivity contribution in [1.82, 2.24) is 29.9 Å². The number of esters is 2. The Hall–Kier alpha value is -6.68. The Morgan fingerprint density at radius 1 is 0.493 bits per heavy atom. The maximum atomic E-state index is 13.5. The van der Waals surface area contributed by atoms with E-state index >= 15 is 0 Å². The zero-order chi connectivity index (χ0) is 48.2. The van der Waals surface area contributed by atoms with E-state index in [0.29, 0.717) is 24.2 Å². The number of nitrogens with zero attached hydrogens (tertiary/aromatic N) is 2. The maximum Gasteiger partial charge on any atom is 0.355 e. The summed E-state index contributed by atoms with van der Waals surface area (Å²) in [6.07, 6.45) is 3.08. The van der Waals surface area contributed by atoms with Crippen molar-refractivity contribution in [3.8, 4) is 11.1 Å². The van der Waals surface area contributed by atoms with Gasteiger partial charge < -0.3 is 29.4 Å². The number of carbonyl (C=O) groups is 2. The minimum atomic E-state index is -0.399. The van der Waals surface area contributed by atoms with Gasteiger partial charge in [0.2, 0.25) is 0 Å². The first-order valence-corrected chi connectivity index (χ1v) is 24.1. The van der Waals surface area contributed by atoms with Gasteiger partial charge in [-0.2, -0.15) is 0 Å². The number of nitrogens with one attached hydrogen (secondary N) is 4. The summed E-state index contributed by atoms with van der Waals surface area (Å²) in [6.45, 7) is 29.9. The second-order valence-electron chi connectivity index (χ2n) is 18.1. The lowest BCUT2D eigenvalue weighted by atomic mass is 9.86. The summed E-state index contributed by atoms with van der Waals surface area (Å²) >= 11 is 0. The molecule has 8 rings (SSSR count). The molecule has 10 heteroatoms. The lowest BCUT2D eigenvalue weighted by molar-refractivity contribution is 0.0509. The molecular weight excluding hydrogens is 833 g/mol. The second kappa shape index (κ2) is 18.5. The van der Waals surface area contributed by atoms with Crippen molar-refractivity contribution >= 4 is 56.3 Å². The highest BCUT2D eigenvalue weighted by molar-refractivity contribution is 6.02. The molecule has 7 heterocycles. The van der Waals surface area contributed by atoms with E-state index in [-0.39, 0.29) is 25.2 Å². The largest absolute Gasteiger partial charge is 0.461 e. The summed E-state index contributed by atoms with van der Waals surface area (Å²) in [6, 6.07) is 15.4. The average molecular weight is 899 g/mol. The van der Waals surface area contributed by atoms with Gasteiger partial charge in [0.15, 0.2) is 0 Å². The summed E-state index contributed by atoms with van der Waals surface area (Å²) in [7, 11) is 0. The van der Waals surface area contributed by atoms with Crippen molar-refractivity contribution in [1.29, 1.82) is 0 Å². The quantitative estimate of drug-likeness (QED) is 0.0901. The topological polar surface area (TPSA) is 142 Å². The van der Waals surface area contributed by atoms with E-state index in [1.165, 1.54) is 22.3 Å². The molecular formula is C57H66N6O4. The number of fused-ring (bicyclic) bond motifs is 8. The van der Waals surface area contributed by atoms with Crippen LogP contribution in [0.3, 0.4) is 0 Å². The van der Waals surface area contributed by atoms with Gasteiger partial charge in [0.25, 0.3) is 0 Å². The molecule has 0 saturated heterocycles. The number of allylic oxidation sites excluding steroid dienone is 4. The Labute approximate surface area is 394 Å². The number of ether oxygens (including phenoxy) is 2. The highest BCUT2D eigenvalue weighted by Gasteiger charge is 2.32. The van der Waals surface area contributed by atoms with Crippen LogP contribution in [0.1, 0.15) is 180 Å². The fraction of sp³-hybridized carbons (Fsp3) is 0.368. The highest BCUT2D eigenvalue weighted by Crippen LogP contribution is 2.44. The number of aromatic amines is 4. The van der Waals surface area contributed by atoms with Crippen LogP contribution >= 0.6 is 0 Å². The van der Waals surface area contributed by atoms with Crippen molar-refractivity contribution in [3.63, 3.8) is 0 Å². The summed E-state index contributed by atoms with van der Waals surface area (Å²) in [4.78, 5) is 52.6. The summed E-state index contributed by atoms with van der Waals surface area (Å²) in [5, 5.41) is 0. The third-order valence-corrected chi connectivity index (χ3v) is 14.6. The smallest absolute Gasteiger partial charge is 0.355 e. The van der Waals surface area contributed by atoms with Gasteiger partial charge in [0.1, 0.15) is 11.4 Å². The number of carbonyl (C=O) groups excluding carboxylic acids is 2. The standard InChI is InChI=1S/C57H66N6O4/c1-15-38-32(11)44-25-42-28(7)30(9)50(60-42)48(51-31(10)29(8)43(61-51)26-45-33(12)39(16-2)47(59-45)27-46(38)58-44)36-21-23-37(24-22-36)49(52-34(13)40(17-3)54(62-52)56(64)66-19-5)53-35(14)41(18-4)55(63-53)57(65)67-20-6/h21-27,49,58-59,62-63H,15-20H2,1-14H3. The molecule has 0 radical (unpaired) electrons. The molecule has 8 bridgehead atoms. The zero-order valence-corrected chi connectivity index (χ0v) is 41.9. The maximum absolute atomic E-state index is 13.5. The van der Waals surface area contributed by atoms with E-state index in [1.807, 2.05) is 13.8 Å². The molecule has 0 unspecified atom stereocenters. The second-order valence-corrected chi connectivity index (χ2v) is 18.1. The average Bonchev–Trinajstić information content (AvgIpc) is 4.12. The minimum absolute atomic E-state index is 0.266. The van der Waals surface area contributed by atoms with Crippen molar-refractivity contribution in [2.75, 3.05) is 13.2 Å². The molecule has 2 aliphatic heterocycles. The Kier molecular flexibility index (Phi) is 13.0. The lowest BCUT2D eigenvalue weighted by Crippen LogP contribution is -2.10. The predicted octanol–water partition coefficient (Wildman–Crippen LogP) is 13.6. The Bertz CT molecular complexity index is 3030. The lowest BCUT2D eigenvalue weighted by Gasteiger charge is -2.20. The van der Waals surface area contributed by atoms with Crippen molar-refractivity contribution in [3.05, 3.63) is 138 Å². The molecule has 0 fully saturated rings. The van der Waals surface area contributed by atoms with Gasteiger partial charge in [0, 0.05) is 39.0 Å². The van der Waals surface area contributed by atoms with Crippen LogP contribution in [0.4, 0.5) is 0 Å². The van der Waals surface area contributed by atoms with Crippen molar-refractivity contribution in [2.24, 2.45) is 0 Å². The summed E-state index contributed by atoms with van der Waals surface area (Å²) in [5.41, 5.74) is 26.8. The third kappa shape index (κ3) is 7.87. The van der Waals surface area contributed by atoms with Gasteiger partial charge in [-0.25, -0.2) is 19.6 Å². The predicted molar refractivity (Wildman–Crippen MR) is 274 cm³/mol. The number of hydrogen-bond acceptors (Lipinski definition) is 6. The molecule has 348 valence electrons. The minimum Gasteiger partial charge on any atom is -0.461 e. The van der Waals surface area contributed by atoms with Crippen LogP contribution in [0.5, 0.6) is 0 Å². The summed E-state index contributed by atoms with van der Waals surface area (Å²) in [5.74, 6) is -1.17. The number of aryl methyl sites for hydroxylation is 4. The molecule has 67 heavy (non-hydrogen) atoms. The van der Waals surface area contributed by atoms with Crippen LogP contribution in [-0.2, 0) is 35.2 Å². The van der Waals surface area contributed by atoms with E-state index in [2.05, 4.69) is 145 Å². The Morgan fingerprint density at radius 3 is 1.27 bits per heavy atom. The van der Waals surface area contributed by atoms with Crippen LogP contribution in [0.15, 0.2) is 42.5 Å². The molecule has 0 atom stereocenters. The van der Waals surface area contributed by atoms with Gasteiger partial charge in [-0.3, -0.25) is 0 Å². The normalized spacial score (nSPS) is 12.8. The van der Waals surface area contributed by atoms with Crippen molar-refractivity contribution < 1.29 is 19.1 Å². The van der Waals surface area contributed by atoms with Gasteiger partial charge in [-0.1, -0.05) is 52.0 Å². The number of H-pyrrole nitrogens is 4. The monoisotopic (exact) mass is 899 g/mol. The molecule has 10 nitrogen and oxygen atoms in total. The molecule has 4 N–H and O–H groups in total. The Morgan fingerprint density at radius 2 is 0.896 bits per heavy atom. The first kappa shape index (κ1) is 46.8. The molecule has 0 amide bonds. The van der Waals surface area contributed by atoms with Gasteiger partial charge >= 0.3 is 11.9 Å². The van der Waals surface area contributed by atoms with Crippen LogP contribution in [-0.4, -0.2) is 55.1 Å². The van der Waals surface area contributed by atoms with Crippen LogP contribution < -0.4 is 0 Å². The fourth-order valence-electron chi connectivity index (χ4n) is 10.5.